The summed E-state index contributed by atoms with van der Waals surface area (Å²) in [6, 6.07) is 1.83. The molecule has 2 fully saturated rings. The minimum Gasteiger partial charge on any atom is -0.507 e. The van der Waals surface area contributed by atoms with Crippen LogP contribution in [0.1, 0.15) is 56.1 Å². The fourth-order valence-electron chi connectivity index (χ4n) is 5.75. The highest BCUT2D eigenvalue weighted by atomic mass is 127. The van der Waals surface area contributed by atoms with Gasteiger partial charge in [-0.2, -0.15) is 0 Å². The first-order chi connectivity index (χ1) is 11.0. The van der Waals surface area contributed by atoms with Crippen molar-refractivity contribution < 1.29 is 10.2 Å². The predicted octanol–water partition coefficient (Wildman–Crippen LogP) is 4.61. The summed E-state index contributed by atoms with van der Waals surface area (Å²) in [5, 5.41) is 23.8. The van der Waals surface area contributed by atoms with Gasteiger partial charge < -0.3 is 10.2 Å². The Labute approximate surface area is 149 Å². The number of hydrogen-bond donors (Lipinski definition) is 2. The van der Waals surface area contributed by atoms with Gasteiger partial charge in [-0.1, -0.05) is 6.92 Å². The smallest absolute Gasteiger partial charge is 0.131 e. The van der Waals surface area contributed by atoms with Crippen molar-refractivity contribution in [3.05, 3.63) is 25.7 Å². The van der Waals surface area contributed by atoms with E-state index in [1.807, 2.05) is 28.7 Å². The molecule has 0 unspecified atom stereocenters. The Morgan fingerprint density at radius 2 is 2.09 bits per heavy atom. The Hall–Kier alpha value is -0.690. The molecule has 1 aromatic carbocycles. The molecule has 3 aliphatic carbocycles. The molecule has 0 aliphatic heterocycles. The molecule has 5 atom stereocenters. The fourth-order valence-corrected chi connectivity index (χ4v) is 6.30. The van der Waals surface area contributed by atoms with E-state index in [1.54, 1.807) is 0 Å². The molecular formula is C18H22INO3. The quantitative estimate of drug-likeness (QED) is 0.508. The van der Waals surface area contributed by atoms with Gasteiger partial charge in [0, 0.05) is 0 Å². The number of nitroso groups, excluding NO2 is 1. The molecule has 0 amide bonds. The van der Waals surface area contributed by atoms with Crippen LogP contribution in [0.25, 0.3) is 0 Å². The second kappa shape index (κ2) is 5.41. The van der Waals surface area contributed by atoms with Crippen molar-refractivity contribution in [2.75, 3.05) is 0 Å². The third kappa shape index (κ3) is 2.11. The highest BCUT2D eigenvalue weighted by Gasteiger charge is 2.54. The monoisotopic (exact) mass is 427 g/mol. The summed E-state index contributed by atoms with van der Waals surface area (Å²) in [6.07, 6.45) is 5.81. The average molecular weight is 427 g/mol. The van der Waals surface area contributed by atoms with E-state index in [-0.39, 0.29) is 17.3 Å². The third-order valence-electron chi connectivity index (χ3n) is 6.94. The normalized spacial score (nSPS) is 38.6. The lowest BCUT2D eigenvalue weighted by Crippen LogP contribution is -2.44. The van der Waals surface area contributed by atoms with Crippen LogP contribution in [0.5, 0.6) is 5.75 Å². The van der Waals surface area contributed by atoms with Gasteiger partial charge >= 0.3 is 0 Å². The van der Waals surface area contributed by atoms with Crippen LogP contribution in [0, 0.1) is 25.7 Å². The summed E-state index contributed by atoms with van der Waals surface area (Å²) in [7, 11) is 0. The Morgan fingerprint density at radius 1 is 1.30 bits per heavy atom. The van der Waals surface area contributed by atoms with E-state index in [4.69, 9.17) is 0 Å². The van der Waals surface area contributed by atoms with Gasteiger partial charge in [0.15, 0.2) is 0 Å². The highest BCUT2D eigenvalue weighted by Crippen LogP contribution is 2.62. The second-order valence-corrected chi connectivity index (χ2v) is 8.85. The number of aliphatic hydroxyl groups is 1. The Kier molecular flexibility index (Phi) is 3.72. The molecule has 0 aromatic heterocycles. The first-order valence-corrected chi connectivity index (χ1v) is 9.61. The standard InChI is InChI=1S/C18H22INO3/c1-18-7-6-11-10(12(18)4-5-14(18)22)3-2-9-8-13(21)16(19)17(20-23)15(9)11/h8,10-12,14,21-22H,2-7H2,1H3/t10-,11+,12+,14+,18+/m1/s1. The Bertz CT molecular complexity index is 677. The Morgan fingerprint density at radius 3 is 2.83 bits per heavy atom. The Balaban J connectivity index is 1.81. The highest BCUT2D eigenvalue weighted by molar-refractivity contribution is 14.1. The molecule has 1 aromatic rings. The van der Waals surface area contributed by atoms with Crippen molar-refractivity contribution in [2.45, 2.75) is 57.5 Å². The van der Waals surface area contributed by atoms with Crippen LogP contribution in [0.3, 0.4) is 0 Å². The van der Waals surface area contributed by atoms with Gasteiger partial charge in [0.1, 0.15) is 11.4 Å². The number of aliphatic hydroxyl groups excluding tert-OH is 1. The van der Waals surface area contributed by atoms with Crippen LogP contribution in [0.2, 0.25) is 0 Å². The first-order valence-electron chi connectivity index (χ1n) is 8.53. The minimum absolute atomic E-state index is 0.0392. The molecule has 0 spiro atoms. The molecule has 5 heteroatoms. The van der Waals surface area contributed by atoms with Gasteiger partial charge in [-0.3, -0.25) is 0 Å². The number of nitrogens with zero attached hydrogens (tertiary/aromatic N) is 1. The molecular weight excluding hydrogens is 405 g/mol. The van der Waals surface area contributed by atoms with E-state index < -0.39 is 0 Å². The van der Waals surface area contributed by atoms with Crippen molar-refractivity contribution in [3.63, 3.8) is 0 Å². The van der Waals surface area contributed by atoms with Crippen LogP contribution < -0.4 is 0 Å². The van der Waals surface area contributed by atoms with Gasteiger partial charge in [-0.05, 0) is 107 Å². The molecule has 2 saturated carbocycles. The molecule has 2 N–H and O–H groups in total. The summed E-state index contributed by atoms with van der Waals surface area (Å²) < 4.78 is 0.580. The molecule has 0 heterocycles. The molecule has 3 aliphatic rings. The number of benzene rings is 1. The van der Waals surface area contributed by atoms with Gasteiger partial charge in [0.25, 0.3) is 0 Å². The van der Waals surface area contributed by atoms with E-state index in [2.05, 4.69) is 12.1 Å². The number of aromatic hydroxyl groups is 1. The number of fused-ring (bicyclic) bond motifs is 5. The van der Waals surface area contributed by atoms with Crippen molar-refractivity contribution in [2.24, 2.45) is 22.4 Å². The van der Waals surface area contributed by atoms with Gasteiger partial charge in [0.2, 0.25) is 0 Å². The lowest BCUT2D eigenvalue weighted by Gasteiger charge is -2.50. The van der Waals surface area contributed by atoms with Crippen molar-refractivity contribution >= 4 is 28.3 Å². The molecule has 0 bridgehead atoms. The van der Waals surface area contributed by atoms with E-state index in [1.165, 1.54) is 0 Å². The predicted molar refractivity (Wildman–Crippen MR) is 96.9 cm³/mol. The summed E-state index contributed by atoms with van der Waals surface area (Å²) in [5.41, 5.74) is 2.68. The average Bonchev–Trinajstić information content (AvgIpc) is 2.84. The first kappa shape index (κ1) is 15.8. The molecule has 23 heavy (non-hydrogen) atoms. The number of aryl methyl sites for hydroxylation is 1. The lowest BCUT2D eigenvalue weighted by atomic mass is 9.55. The van der Waals surface area contributed by atoms with Gasteiger partial charge in [0.05, 0.1) is 9.67 Å². The third-order valence-corrected chi connectivity index (χ3v) is 8.00. The topological polar surface area (TPSA) is 69.9 Å². The van der Waals surface area contributed by atoms with Crippen LogP contribution in [0.15, 0.2) is 11.2 Å². The maximum absolute atomic E-state index is 11.5. The van der Waals surface area contributed by atoms with Gasteiger partial charge in [-0.15, -0.1) is 4.91 Å². The zero-order chi connectivity index (χ0) is 16.4. The van der Waals surface area contributed by atoms with Crippen LogP contribution in [-0.4, -0.2) is 16.3 Å². The number of phenols is 1. The largest absolute Gasteiger partial charge is 0.507 e. The second-order valence-electron chi connectivity index (χ2n) is 7.78. The number of phenolic OH excluding ortho intramolecular Hbond substituents is 1. The fraction of sp³-hybridized carbons (Fsp3) is 0.667. The molecule has 124 valence electrons. The number of halogens is 1. The molecule has 4 nitrogen and oxygen atoms in total. The summed E-state index contributed by atoms with van der Waals surface area (Å²) >= 11 is 2.03. The van der Waals surface area contributed by atoms with E-state index in [0.717, 1.165) is 49.7 Å². The summed E-state index contributed by atoms with van der Waals surface area (Å²) in [5.74, 6) is 1.59. The molecule has 0 radical (unpaired) electrons. The zero-order valence-corrected chi connectivity index (χ0v) is 15.4. The minimum atomic E-state index is -0.182. The number of rotatable bonds is 1. The molecule has 0 saturated heterocycles. The molecule has 4 rings (SSSR count). The maximum Gasteiger partial charge on any atom is 0.131 e. The van der Waals surface area contributed by atoms with Crippen molar-refractivity contribution in [1.82, 2.24) is 0 Å². The lowest BCUT2D eigenvalue weighted by molar-refractivity contribution is -0.0225. The van der Waals surface area contributed by atoms with Gasteiger partial charge in [-0.25, -0.2) is 0 Å². The SMILES string of the molecule is C[C@]12CC[C@@H]3c4c(cc(O)c(I)c4N=O)CC[C@H]3[C@@H]1CC[C@@H]2O. The van der Waals surface area contributed by atoms with E-state index in [9.17, 15) is 15.1 Å². The maximum atomic E-state index is 11.5. The van der Waals surface area contributed by atoms with Crippen LogP contribution in [0.4, 0.5) is 5.69 Å². The summed E-state index contributed by atoms with van der Waals surface area (Å²) in [4.78, 5) is 11.5. The van der Waals surface area contributed by atoms with Crippen LogP contribution >= 0.6 is 22.6 Å². The van der Waals surface area contributed by atoms with Crippen molar-refractivity contribution in [1.29, 1.82) is 0 Å². The number of hydrogen-bond acceptors (Lipinski definition) is 4. The zero-order valence-electron chi connectivity index (χ0n) is 13.3. The van der Waals surface area contributed by atoms with E-state index >= 15 is 0 Å². The van der Waals surface area contributed by atoms with E-state index in [0.29, 0.717) is 27.0 Å². The van der Waals surface area contributed by atoms with Crippen molar-refractivity contribution in [3.8, 4) is 5.75 Å². The van der Waals surface area contributed by atoms with Crippen LogP contribution in [-0.2, 0) is 6.42 Å². The summed E-state index contributed by atoms with van der Waals surface area (Å²) in [6.45, 7) is 2.25.